The molecule has 5 heteroatoms. The first-order chi connectivity index (χ1) is 10.2. The normalized spacial score (nSPS) is 10.6. The Morgan fingerprint density at radius 3 is 2.76 bits per heavy atom. The number of anilines is 1. The number of rotatable bonds is 6. The summed E-state index contributed by atoms with van der Waals surface area (Å²) in [6, 6.07) is 9.37. The molecule has 1 aromatic carbocycles. The van der Waals surface area contributed by atoms with Crippen LogP contribution in [-0.2, 0) is 6.42 Å². The smallest absolute Gasteiger partial charge is 0.293 e. The molecule has 0 atom stereocenters. The minimum Gasteiger partial charge on any atom is -0.456 e. The van der Waals surface area contributed by atoms with Crippen LogP contribution in [0.25, 0.3) is 0 Å². The highest BCUT2D eigenvalue weighted by Crippen LogP contribution is 2.20. The third-order valence-electron chi connectivity index (χ3n) is 3.17. The lowest BCUT2D eigenvalue weighted by Crippen LogP contribution is -2.32. The molecule has 1 aromatic heterocycles. The zero-order valence-electron chi connectivity index (χ0n) is 12.0. The molecule has 0 unspecified atom stereocenters. The van der Waals surface area contributed by atoms with Crippen LogP contribution < -0.4 is 10.6 Å². The SMILES string of the molecule is CCc1ccc(C(=O)N(CCCN)c2cccc(F)c2)o1. The number of amides is 1. The van der Waals surface area contributed by atoms with E-state index in [0.717, 1.165) is 12.2 Å². The highest BCUT2D eigenvalue weighted by Gasteiger charge is 2.20. The summed E-state index contributed by atoms with van der Waals surface area (Å²) < 4.78 is 18.9. The Kier molecular flexibility index (Phi) is 5.11. The summed E-state index contributed by atoms with van der Waals surface area (Å²) in [6.45, 7) is 2.82. The number of hydrogen-bond donors (Lipinski definition) is 1. The van der Waals surface area contributed by atoms with E-state index in [9.17, 15) is 9.18 Å². The Hall–Kier alpha value is -2.14. The third-order valence-corrected chi connectivity index (χ3v) is 3.17. The largest absolute Gasteiger partial charge is 0.456 e. The van der Waals surface area contributed by atoms with Crippen LogP contribution in [0.5, 0.6) is 0 Å². The average Bonchev–Trinajstić information content (AvgIpc) is 2.96. The number of benzene rings is 1. The first-order valence-electron chi connectivity index (χ1n) is 7.02. The van der Waals surface area contributed by atoms with Crippen LogP contribution in [-0.4, -0.2) is 19.0 Å². The molecule has 0 fully saturated rings. The molecule has 0 saturated heterocycles. The summed E-state index contributed by atoms with van der Waals surface area (Å²) in [5.41, 5.74) is 6.02. The molecule has 0 bridgehead atoms. The third kappa shape index (κ3) is 3.70. The molecular formula is C16H19FN2O2. The first kappa shape index (κ1) is 15.3. The van der Waals surface area contributed by atoms with Gasteiger partial charge in [-0.05, 0) is 43.3 Å². The van der Waals surface area contributed by atoms with E-state index < -0.39 is 0 Å². The van der Waals surface area contributed by atoms with Crippen molar-refractivity contribution in [2.45, 2.75) is 19.8 Å². The summed E-state index contributed by atoms with van der Waals surface area (Å²) in [4.78, 5) is 14.1. The maximum absolute atomic E-state index is 13.4. The van der Waals surface area contributed by atoms with Crippen molar-refractivity contribution in [2.24, 2.45) is 5.73 Å². The number of halogens is 1. The fraction of sp³-hybridized carbons (Fsp3) is 0.312. The number of carbonyl (C=O) groups excluding carboxylic acids is 1. The van der Waals surface area contributed by atoms with E-state index in [-0.39, 0.29) is 17.5 Å². The molecular weight excluding hydrogens is 271 g/mol. The second kappa shape index (κ2) is 7.04. The van der Waals surface area contributed by atoms with Gasteiger partial charge in [-0.1, -0.05) is 13.0 Å². The molecule has 112 valence electrons. The zero-order chi connectivity index (χ0) is 15.2. The number of nitrogens with two attached hydrogens (primary N) is 1. The molecule has 21 heavy (non-hydrogen) atoms. The van der Waals surface area contributed by atoms with Gasteiger partial charge in [0.25, 0.3) is 5.91 Å². The van der Waals surface area contributed by atoms with E-state index >= 15 is 0 Å². The molecule has 2 N–H and O–H groups in total. The Labute approximate surface area is 123 Å². The van der Waals surface area contributed by atoms with E-state index in [4.69, 9.17) is 10.2 Å². The number of carbonyl (C=O) groups is 1. The van der Waals surface area contributed by atoms with Crippen LogP contribution >= 0.6 is 0 Å². The van der Waals surface area contributed by atoms with Crippen LogP contribution in [0.15, 0.2) is 40.8 Å². The Morgan fingerprint density at radius 1 is 1.33 bits per heavy atom. The van der Waals surface area contributed by atoms with E-state index in [1.165, 1.54) is 17.0 Å². The summed E-state index contributed by atoms with van der Waals surface area (Å²) in [5.74, 6) is 0.338. The van der Waals surface area contributed by atoms with Gasteiger partial charge in [0.05, 0.1) is 0 Å². The number of furan rings is 1. The summed E-state index contributed by atoms with van der Waals surface area (Å²) in [6.07, 6.45) is 1.35. The number of aryl methyl sites for hydroxylation is 1. The Bertz CT molecular complexity index is 610. The van der Waals surface area contributed by atoms with E-state index in [2.05, 4.69) is 0 Å². The Morgan fingerprint density at radius 2 is 2.14 bits per heavy atom. The van der Waals surface area contributed by atoms with Crippen molar-refractivity contribution in [2.75, 3.05) is 18.0 Å². The van der Waals surface area contributed by atoms with Crippen molar-refractivity contribution in [3.05, 3.63) is 53.7 Å². The van der Waals surface area contributed by atoms with Gasteiger partial charge < -0.3 is 15.1 Å². The number of nitrogens with zero attached hydrogens (tertiary/aromatic N) is 1. The minimum atomic E-state index is -0.383. The predicted molar refractivity (Wildman–Crippen MR) is 79.8 cm³/mol. The van der Waals surface area contributed by atoms with Crippen LogP contribution in [0, 0.1) is 5.82 Å². The van der Waals surface area contributed by atoms with Crippen molar-refractivity contribution in [1.82, 2.24) is 0 Å². The van der Waals surface area contributed by atoms with Crippen LogP contribution in [0.4, 0.5) is 10.1 Å². The molecule has 0 spiro atoms. The van der Waals surface area contributed by atoms with Gasteiger partial charge in [-0.3, -0.25) is 4.79 Å². The molecule has 0 radical (unpaired) electrons. The van der Waals surface area contributed by atoms with Gasteiger partial charge >= 0.3 is 0 Å². The highest BCUT2D eigenvalue weighted by molar-refractivity contribution is 6.04. The molecule has 0 saturated carbocycles. The first-order valence-corrected chi connectivity index (χ1v) is 7.02. The quantitative estimate of drug-likeness (QED) is 0.889. The monoisotopic (exact) mass is 290 g/mol. The second-order valence-electron chi connectivity index (χ2n) is 4.70. The Balaban J connectivity index is 2.28. The standard InChI is InChI=1S/C16H19FN2O2/c1-2-14-7-8-15(21-14)16(20)19(10-4-9-18)13-6-3-5-12(17)11-13/h3,5-8,11H,2,4,9-10,18H2,1H3. The fourth-order valence-electron chi connectivity index (χ4n) is 2.06. The molecule has 1 heterocycles. The molecule has 0 aliphatic heterocycles. The zero-order valence-corrected chi connectivity index (χ0v) is 12.0. The average molecular weight is 290 g/mol. The van der Waals surface area contributed by atoms with E-state index in [1.54, 1.807) is 24.3 Å². The second-order valence-corrected chi connectivity index (χ2v) is 4.70. The minimum absolute atomic E-state index is 0.258. The maximum atomic E-state index is 13.4. The summed E-state index contributed by atoms with van der Waals surface area (Å²) in [5, 5.41) is 0. The maximum Gasteiger partial charge on any atom is 0.293 e. The van der Waals surface area contributed by atoms with Crippen LogP contribution in [0.1, 0.15) is 29.7 Å². The van der Waals surface area contributed by atoms with E-state index in [0.29, 0.717) is 25.2 Å². The molecule has 2 aromatic rings. The lowest BCUT2D eigenvalue weighted by molar-refractivity contribution is 0.0958. The van der Waals surface area contributed by atoms with Gasteiger partial charge in [0.1, 0.15) is 11.6 Å². The van der Waals surface area contributed by atoms with Crippen molar-refractivity contribution < 1.29 is 13.6 Å². The topological polar surface area (TPSA) is 59.5 Å². The van der Waals surface area contributed by atoms with Gasteiger partial charge in [0.2, 0.25) is 0 Å². The molecule has 1 amide bonds. The van der Waals surface area contributed by atoms with Gasteiger partial charge in [0.15, 0.2) is 5.76 Å². The van der Waals surface area contributed by atoms with Crippen molar-refractivity contribution >= 4 is 11.6 Å². The van der Waals surface area contributed by atoms with Crippen LogP contribution in [0.3, 0.4) is 0 Å². The van der Waals surface area contributed by atoms with Gasteiger partial charge in [-0.15, -0.1) is 0 Å². The molecule has 0 aliphatic carbocycles. The van der Waals surface area contributed by atoms with Crippen LogP contribution in [0.2, 0.25) is 0 Å². The molecule has 2 rings (SSSR count). The lowest BCUT2D eigenvalue weighted by Gasteiger charge is -2.21. The lowest BCUT2D eigenvalue weighted by atomic mass is 10.2. The van der Waals surface area contributed by atoms with E-state index in [1.807, 2.05) is 6.92 Å². The highest BCUT2D eigenvalue weighted by atomic mass is 19.1. The molecule has 0 aliphatic rings. The summed E-state index contributed by atoms with van der Waals surface area (Å²) >= 11 is 0. The van der Waals surface area contributed by atoms with Gasteiger partial charge in [0, 0.05) is 18.7 Å². The van der Waals surface area contributed by atoms with Crippen molar-refractivity contribution in [1.29, 1.82) is 0 Å². The van der Waals surface area contributed by atoms with Crippen molar-refractivity contribution in [3.8, 4) is 0 Å². The molecule has 4 nitrogen and oxygen atoms in total. The number of hydrogen-bond acceptors (Lipinski definition) is 3. The summed E-state index contributed by atoms with van der Waals surface area (Å²) in [7, 11) is 0. The predicted octanol–water partition coefficient (Wildman–Crippen LogP) is 2.98. The van der Waals surface area contributed by atoms with Gasteiger partial charge in [-0.25, -0.2) is 4.39 Å². The fourth-order valence-corrected chi connectivity index (χ4v) is 2.06. The van der Waals surface area contributed by atoms with Gasteiger partial charge in [-0.2, -0.15) is 0 Å². The van der Waals surface area contributed by atoms with Crippen molar-refractivity contribution in [3.63, 3.8) is 0 Å².